The van der Waals surface area contributed by atoms with E-state index in [0.29, 0.717) is 22.5 Å². The first kappa shape index (κ1) is 21.1. The van der Waals surface area contributed by atoms with Crippen molar-refractivity contribution in [3.8, 4) is 11.5 Å². The Morgan fingerprint density at radius 1 is 0.577 bits per heavy atom. The monoisotopic (exact) mass is 391 g/mol. The molecule has 0 unspecified atom stereocenters. The van der Waals surface area contributed by atoms with Gasteiger partial charge < -0.3 is 15.7 Å². The standard InChI is InChI=1S/C20H16N2O2.Co.H2O/c23-19-11-5-1-7-15(19)13-21-17-9-3-4-10-18(17)22-14-16-8-2-6-12-20(16)24;;/h1-14,23-24H;;1H2/q;+2;/p-2. The summed E-state index contributed by atoms with van der Waals surface area (Å²) in [5.74, 6) is -0.162. The van der Waals surface area contributed by atoms with Crippen LogP contribution in [0.3, 0.4) is 0 Å². The Hall–Kier alpha value is -2.93. The molecule has 0 bridgehead atoms. The molecular formula is C20H16CoN2O3. The number of rotatable bonds is 4. The molecule has 0 fully saturated rings. The fourth-order valence-corrected chi connectivity index (χ4v) is 2.14. The SMILES string of the molecule is O.[Co+2].[O-]c1ccccc1C=Nc1ccccc1N=Cc1ccccc1[O-]. The van der Waals surface area contributed by atoms with E-state index in [9.17, 15) is 10.2 Å². The first-order valence-corrected chi connectivity index (χ1v) is 7.43. The molecule has 0 aromatic heterocycles. The predicted molar refractivity (Wildman–Crippen MR) is 96.3 cm³/mol. The summed E-state index contributed by atoms with van der Waals surface area (Å²) in [5.41, 5.74) is 2.28. The van der Waals surface area contributed by atoms with Crippen molar-refractivity contribution >= 4 is 23.8 Å². The van der Waals surface area contributed by atoms with Crippen LogP contribution in [0, 0.1) is 0 Å². The Labute approximate surface area is 161 Å². The minimum atomic E-state index is -0.0810. The van der Waals surface area contributed by atoms with E-state index in [1.54, 1.807) is 48.5 Å². The minimum absolute atomic E-state index is 0. The Morgan fingerprint density at radius 3 is 1.31 bits per heavy atom. The second kappa shape index (κ2) is 10.1. The van der Waals surface area contributed by atoms with Crippen LogP contribution in [0.4, 0.5) is 11.4 Å². The number of benzene rings is 3. The van der Waals surface area contributed by atoms with Gasteiger partial charge in [-0.25, -0.2) is 0 Å². The van der Waals surface area contributed by atoms with E-state index in [1.165, 1.54) is 24.6 Å². The third kappa shape index (κ3) is 5.28. The van der Waals surface area contributed by atoms with Gasteiger partial charge in [-0.15, -0.1) is 11.5 Å². The van der Waals surface area contributed by atoms with Gasteiger partial charge in [0.1, 0.15) is 0 Å². The van der Waals surface area contributed by atoms with Gasteiger partial charge in [0.25, 0.3) is 0 Å². The van der Waals surface area contributed by atoms with Crippen LogP contribution in [-0.2, 0) is 16.8 Å². The van der Waals surface area contributed by atoms with E-state index in [1.807, 2.05) is 12.1 Å². The van der Waals surface area contributed by atoms with Crippen LogP contribution in [0.25, 0.3) is 0 Å². The maximum Gasteiger partial charge on any atom is 2.00 e. The van der Waals surface area contributed by atoms with Crippen molar-refractivity contribution in [3.05, 3.63) is 83.9 Å². The van der Waals surface area contributed by atoms with Crippen LogP contribution in [0.5, 0.6) is 11.5 Å². The van der Waals surface area contributed by atoms with Crippen LogP contribution >= 0.6 is 0 Å². The fraction of sp³-hybridized carbons (Fsp3) is 0. The van der Waals surface area contributed by atoms with Crippen LogP contribution in [0.15, 0.2) is 82.8 Å². The van der Waals surface area contributed by atoms with Crippen LogP contribution < -0.4 is 10.2 Å². The average Bonchev–Trinajstić information content (AvgIpc) is 2.61. The third-order valence-corrected chi connectivity index (χ3v) is 3.41. The number of hydrogen-bond donors (Lipinski definition) is 0. The van der Waals surface area contributed by atoms with Crippen molar-refractivity contribution in [2.45, 2.75) is 0 Å². The molecule has 0 spiro atoms. The Balaban J connectivity index is 0.00000169. The molecule has 3 aromatic carbocycles. The van der Waals surface area contributed by atoms with E-state index in [2.05, 4.69) is 9.98 Å². The first-order chi connectivity index (χ1) is 11.7. The third-order valence-electron chi connectivity index (χ3n) is 3.41. The van der Waals surface area contributed by atoms with Gasteiger partial charge in [-0.2, -0.15) is 0 Å². The molecule has 2 N–H and O–H groups in total. The van der Waals surface area contributed by atoms with Gasteiger partial charge in [-0.05, 0) is 23.3 Å². The van der Waals surface area contributed by atoms with Crippen molar-refractivity contribution in [1.82, 2.24) is 0 Å². The second-order valence-electron chi connectivity index (χ2n) is 5.08. The van der Waals surface area contributed by atoms with Crippen LogP contribution in [-0.4, -0.2) is 17.9 Å². The summed E-state index contributed by atoms with van der Waals surface area (Å²) >= 11 is 0. The quantitative estimate of drug-likeness (QED) is 0.638. The molecule has 0 heterocycles. The number of para-hydroxylation sites is 4. The van der Waals surface area contributed by atoms with E-state index in [0.717, 1.165) is 0 Å². The minimum Gasteiger partial charge on any atom is -0.872 e. The van der Waals surface area contributed by atoms with E-state index in [-0.39, 0.29) is 33.8 Å². The second-order valence-corrected chi connectivity index (χ2v) is 5.08. The van der Waals surface area contributed by atoms with Crippen LogP contribution in [0.1, 0.15) is 11.1 Å². The van der Waals surface area contributed by atoms with Crippen molar-refractivity contribution in [1.29, 1.82) is 0 Å². The summed E-state index contributed by atoms with van der Waals surface area (Å²) in [5, 5.41) is 23.4. The zero-order chi connectivity index (χ0) is 16.8. The maximum absolute atomic E-state index is 11.7. The molecule has 1 radical (unpaired) electrons. The zero-order valence-corrected chi connectivity index (χ0v) is 14.7. The van der Waals surface area contributed by atoms with E-state index < -0.39 is 0 Å². The van der Waals surface area contributed by atoms with E-state index in [4.69, 9.17) is 0 Å². The summed E-state index contributed by atoms with van der Waals surface area (Å²) in [7, 11) is 0. The molecule has 0 aliphatic carbocycles. The summed E-state index contributed by atoms with van der Waals surface area (Å²) in [6, 6.07) is 20.7. The number of aliphatic imine (C=N–C) groups is 2. The Morgan fingerprint density at radius 2 is 0.923 bits per heavy atom. The van der Waals surface area contributed by atoms with Crippen LogP contribution in [0.2, 0.25) is 0 Å². The first-order valence-electron chi connectivity index (χ1n) is 7.43. The summed E-state index contributed by atoms with van der Waals surface area (Å²) in [6.45, 7) is 0. The maximum atomic E-state index is 11.7. The normalized spacial score (nSPS) is 10.5. The molecule has 133 valence electrons. The van der Waals surface area contributed by atoms with E-state index >= 15 is 0 Å². The molecule has 5 nitrogen and oxygen atoms in total. The van der Waals surface area contributed by atoms with Gasteiger partial charge in [0.05, 0.1) is 11.4 Å². The average molecular weight is 391 g/mol. The van der Waals surface area contributed by atoms with Gasteiger partial charge in [0.15, 0.2) is 0 Å². The largest absolute Gasteiger partial charge is 2.00 e. The molecule has 26 heavy (non-hydrogen) atoms. The Kier molecular flexibility index (Phi) is 8.24. The molecule has 0 amide bonds. The van der Waals surface area contributed by atoms with Gasteiger partial charge >= 0.3 is 16.8 Å². The fourth-order valence-electron chi connectivity index (χ4n) is 2.14. The van der Waals surface area contributed by atoms with Gasteiger partial charge in [-0.3, -0.25) is 9.98 Å². The molecule has 3 aromatic rings. The van der Waals surface area contributed by atoms with Gasteiger partial charge in [0, 0.05) is 12.4 Å². The number of nitrogens with zero attached hydrogens (tertiary/aromatic N) is 2. The summed E-state index contributed by atoms with van der Waals surface area (Å²) < 4.78 is 0. The van der Waals surface area contributed by atoms with Gasteiger partial charge in [-0.1, -0.05) is 60.7 Å². The molecule has 0 saturated heterocycles. The predicted octanol–water partition coefficient (Wildman–Crippen LogP) is 2.51. The molecular weight excluding hydrogens is 375 g/mol. The molecule has 3 rings (SSSR count). The molecule has 0 aliphatic heterocycles. The summed E-state index contributed by atoms with van der Waals surface area (Å²) in [4.78, 5) is 8.71. The molecule has 0 atom stereocenters. The molecule has 6 heteroatoms. The smallest absolute Gasteiger partial charge is 0.872 e. The topological polar surface area (TPSA) is 102 Å². The zero-order valence-electron chi connectivity index (χ0n) is 13.6. The van der Waals surface area contributed by atoms with Gasteiger partial charge in [0.2, 0.25) is 0 Å². The van der Waals surface area contributed by atoms with Crippen molar-refractivity contribution < 1.29 is 32.5 Å². The van der Waals surface area contributed by atoms with Crippen molar-refractivity contribution in [3.63, 3.8) is 0 Å². The molecule has 0 aliphatic rings. The Bertz CT molecular complexity index is 836. The number of hydrogen-bond acceptors (Lipinski definition) is 4. The summed E-state index contributed by atoms with van der Waals surface area (Å²) in [6.07, 6.45) is 3.05. The van der Waals surface area contributed by atoms with Crippen molar-refractivity contribution in [2.24, 2.45) is 9.98 Å². The molecule has 0 saturated carbocycles. The van der Waals surface area contributed by atoms with Crippen molar-refractivity contribution in [2.75, 3.05) is 0 Å².